The first-order chi connectivity index (χ1) is 12.9. The van der Waals surface area contributed by atoms with Gasteiger partial charge in [-0.15, -0.1) is 0 Å². The molecule has 0 N–H and O–H groups in total. The molecular formula is C18H15ClFN3O4. The van der Waals surface area contributed by atoms with E-state index in [1.54, 1.807) is 6.07 Å². The Balaban J connectivity index is 2.00. The Morgan fingerprint density at radius 1 is 1.30 bits per heavy atom. The lowest BCUT2D eigenvalue weighted by molar-refractivity contribution is -0.384. The minimum atomic E-state index is -0.698. The summed E-state index contributed by atoms with van der Waals surface area (Å²) in [5.41, 5.74) is -0.464. The lowest BCUT2D eigenvalue weighted by Crippen LogP contribution is -2.42. The van der Waals surface area contributed by atoms with Crippen molar-refractivity contribution in [2.75, 3.05) is 18.1 Å². The van der Waals surface area contributed by atoms with Gasteiger partial charge in [0.2, 0.25) is 5.91 Å². The van der Waals surface area contributed by atoms with Crippen molar-refractivity contribution in [2.45, 2.75) is 12.8 Å². The lowest BCUT2D eigenvalue weighted by atomic mass is 10.1. The molecule has 0 bridgehead atoms. The summed E-state index contributed by atoms with van der Waals surface area (Å²) in [7, 11) is 0. The normalized spacial score (nSPS) is 13.7. The predicted molar refractivity (Wildman–Crippen MR) is 97.1 cm³/mol. The van der Waals surface area contributed by atoms with E-state index in [9.17, 15) is 24.1 Å². The third kappa shape index (κ3) is 3.90. The number of amides is 2. The summed E-state index contributed by atoms with van der Waals surface area (Å²) in [6.45, 7) is 0.312. The molecule has 1 aliphatic heterocycles. The van der Waals surface area contributed by atoms with Crippen LogP contribution in [0, 0.1) is 15.9 Å². The van der Waals surface area contributed by atoms with E-state index in [1.165, 1.54) is 35.2 Å². The van der Waals surface area contributed by atoms with Gasteiger partial charge >= 0.3 is 0 Å². The first-order valence-corrected chi connectivity index (χ1v) is 8.54. The zero-order chi connectivity index (χ0) is 19.6. The number of hydrogen-bond donors (Lipinski definition) is 0. The molecule has 1 fully saturated rings. The first-order valence-electron chi connectivity index (χ1n) is 8.16. The zero-order valence-corrected chi connectivity index (χ0v) is 14.9. The van der Waals surface area contributed by atoms with E-state index >= 15 is 0 Å². The summed E-state index contributed by atoms with van der Waals surface area (Å²) in [5, 5.41) is 11.0. The van der Waals surface area contributed by atoms with Crippen molar-refractivity contribution in [3.05, 3.63) is 69.0 Å². The number of likely N-dealkylation sites (tertiary alicyclic amines) is 1. The SMILES string of the molecule is O=C1CCCN1CN(C(=O)c1ccc(Cl)c([N+](=O)[O-])c1)c1ccccc1F. The molecule has 0 unspecified atom stereocenters. The smallest absolute Gasteiger partial charge is 0.288 e. The van der Waals surface area contributed by atoms with E-state index in [0.717, 1.165) is 11.0 Å². The highest BCUT2D eigenvalue weighted by Gasteiger charge is 2.28. The molecule has 0 aliphatic carbocycles. The molecule has 2 aromatic rings. The maximum absolute atomic E-state index is 14.3. The summed E-state index contributed by atoms with van der Waals surface area (Å²) in [6, 6.07) is 9.28. The Labute approximate surface area is 159 Å². The molecule has 27 heavy (non-hydrogen) atoms. The van der Waals surface area contributed by atoms with Crippen molar-refractivity contribution in [2.24, 2.45) is 0 Å². The number of halogens is 2. The number of nitro groups is 1. The number of hydrogen-bond acceptors (Lipinski definition) is 4. The monoisotopic (exact) mass is 391 g/mol. The maximum atomic E-state index is 14.3. The van der Waals surface area contributed by atoms with Gasteiger partial charge in [-0.1, -0.05) is 23.7 Å². The Bertz CT molecular complexity index is 921. The predicted octanol–water partition coefficient (Wildman–Crippen LogP) is 3.61. The van der Waals surface area contributed by atoms with Gasteiger partial charge in [0.25, 0.3) is 11.6 Å². The van der Waals surface area contributed by atoms with E-state index < -0.39 is 22.3 Å². The highest BCUT2D eigenvalue weighted by Crippen LogP contribution is 2.28. The molecule has 2 aromatic carbocycles. The third-order valence-corrected chi connectivity index (χ3v) is 4.58. The van der Waals surface area contributed by atoms with Crippen LogP contribution in [0.2, 0.25) is 5.02 Å². The van der Waals surface area contributed by atoms with Crippen molar-refractivity contribution in [1.82, 2.24) is 4.90 Å². The highest BCUT2D eigenvalue weighted by atomic mass is 35.5. The van der Waals surface area contributed by atoms with Crippen LogP contribution in [0.4, 0.5) is 15.8 Å². The van der Waals surface area contributed by atoms with Crippen LogP contribution < -0.4 is 4.90 Å². The minimum Gasteiger partial charge on any atom is -0.324 e. The molecule has 3 rings (SSSR count). The van der Waals surface area contributed by atoms with E-state index in [2.05, 4.69) is 0 Å². The summed E-state index contributed by atoms with van der Waals surface area (Å²) >= 11 is 5.79. The average molecular weight is 392 g/mol. The van der Waals surface area contributed by atoms with Gasteiger partial charge in [-0.2, -0.15) is 0 Å². The number of anilines is 1. The number of nitro benzene ring substituents is 1. The van der Waals surface area contributed by atoms with E-state index in [4.69, 9.17) is 11.6 Å². The molecule has 9 heteroatoms. The molecular weight excluding hydrogens is 377 g/mol. The lowest BCUT2D eigenvalue weighted by Gasteiger charge is -2.28. The molecule has 1 aliphatic rings. The molecule has 0 aromatic heterocycles. The molecule has 7 nitrogen and oxygen atoms in total. The third-order valence-electron chi connectivity index (χ3n) is 4.26. The van der Waals surface area contributed by atoms with Gasteiger partial charge in [0, 0.05) is 24.6 Å². The first kappa shape index (κ1) is 18.8. The van der Waals surface area contributed by atoms with Crippen LogP contribution in [-0.2, 0) is 4.79 Å². The van der Waals surface area contributed by atoms with Gasteiger partial charge in [0.1, 0.15) is 17.5 Å². The van der Waals surface area contributed by atoms with Crippen LogP contribution in [-0.4, -0.2) is 34.9 Å². The zero-order valence-electron chi connectivity index (χ0n) is 14.1. The fourth-order valence-electron chi connectivity index (χ4n) is 2.89. The standard InChI is InChI=1S/C18H15ClFN3O4/c19-13-8-7-12(10-16(13)23(26)27)18(25)22(11-21-9-3-6-17(21)24)15-5-2-1-4-14(15)20/h1-2,4-5,7-8,10H,3,6,9,11H2. The summed E-state index contributed by atoms with van der Waals surface area (Å²) in [5.74, 6) is -1.44. The molecule has 0 atom stereocenters. The quantitative estimate of drug-likeness (QED) is 0.575. The molecule has 1 heterocycles. The maximum Gasteiger partial charge on any atom is 0.288 e. The largest absolute Gasteiger partial charge is 0.324 e. The number of benzene rings is 2. The second kappa shape index (κ2) is 7.71. The minimum absolute atomic E-state index is 0.0141. The van der Waals surface area contributed by atoms with Crippen LogP contribution in [0.25, 0.3) is 0 Å². The van der Waals surface area contributed by atoms with E-state index in [0.29, 0.717) is 19.4 Å². The van der Waals surface area contributed by atoms with Gasteiger partial charge in [0.15, 0.2) is 0 Å². The number of nitrogens with zero attached hydrogens (tertiary/aromatic N) is 3. The van der Waals surface area contributed by atoms with E-state index in [-0.39, 0.29) is 28.8 Å². The molecule has 2 amide bonds. The van der Waals surface area contributed by atoms with Crippen LogP contribution in [0.3, 0.4) is 0 Å². The van der Waals surface area contributed by atoms with Crippen molar-refractivity contribution in [3.63, 3.8) is 0 Å². The summed E-state index contributed by atoms with van der Waals surface area (Å²) < 4.78 is 14.3. The van der Waals surface area contributed by atoms with Crippen LogP contribution in [0.5, 0.6) is 0 Å². The van der Waals surface area contributed by atoms with Crippen LogP contribution >= 0.6 is 11.6 Å². The van der Waals surface area contributed by atoms with Gasteiger partial charge < -0.3 is 4.90 Å². The molecule has 140 valence electrons. The Morgan fingerprint density at radius 2 is 2.04 bits per heavy atom. The number of para-hydroxylation sites is 1. The van der Waals surface area contributed by atoms with E-state index in [1.807, 2.05) is 0 Å². The fourth-order valence-corrected chi connectivity index (χ4v) is 3.07. The number of rotatable bonds is 5. The van der Waals surface area contributed by atoms with Crippen molar-refractivity contribution in [1.29, 1.82) is 0 Å². The second-order valence-corrected chi connectivity index (χ2v) is 6.42. The van der Waals surface area contributed by atoms with Crippen LogP contribution in [0.15, 0.2) is 42.5 Å². The average Bonchev–Trinajstić information content (AvgIpc) is 3.05. The van der Waals surface area contributed by atoms with Gasteiger partial charge in [-0.25, -0.2) is 4.39 Å². The van der Waals surface area contributed by atoms with Crippen molar-refractivity contribution < 1.29 is 18.9 Å². The topological polar surface area (TPSA) is 83.8 Å². The Morgan fingerprint density at radius 3 is 2.67 bits per heavy atom. The fraction of sp³-hybridized carbons (Fsp3) is 0.222. The second-order valence-electron chi connectivity index (χ2n) is 6.01. The summed E-state index contributed by atoms with van der Waals surface area (Å²) in [4.78, 5) is 37.9. The number of carbonyl (C=O) groups excluding carboxylic acids is 2. The van der Waals surface area contributed by atoms with Crippen molar-refractivity contribution >= 4 is 34.8 Å². The molecule has 0 radical (unpaired) electrons. The van der Waals surface area contributed by atoms with Crippen LogP contribution in [0.1, 0.15) is 23.2 Å². The highest BCUT2D eigenvalue weighted by molar-refractivity contribution is 6.32. The van der Waals surface area contributed by atoms with Gasteiger partial charge in [0.05, 0.1) is 10.6 Å². The Kier molecular flexibility index (Phi) is 5.36. The number of carbonyl (C=O) groups is 2. The van der Waals surface area contributed by atoms with Gasteiger partial charge in [-0.05, 0) is 30.7 Å². The molecule has 0 spiro atoms. The molecule has 1 saturated heterocycles. The summed E-state index contributed by atoms with van der Waals surface area (Å²) in [6.07, 6.45) is 1.02. The molecule has 0 saturated carbocycles. The Hall–Kier alpha value is -3.00. The van der Waals surface area contributed by atoms with Gasteiger partial charge in [-0.3, -0.25) is 24.6 Å². The van der Waals surface area contributed by atoms with Crippen molar-refractivity contribution in [3.8, 4) is 0 Å².